The van der Waals surface area contributed by atoms with Crippen LogP contribution in [0.25, 0.3) is 11.3 Å². The Morgan fingerprint density at radius 3 is 2.60 bits per heavy atom. The summed E-state index contributed by atoms with van der Waals surface area (Å²) in [5.41, 5.74) is 9.80. The van der Waals surface area contributed by atoms with Crippen LogP contribution in [-0.4, -0.2) is 29.7 Å². The van der Waals surface area contributed by atoms with Crippen molar-refractivity contribution >= 4 is 0 Å². The maximum atomic E-state index is 5.65. The molecule has 3 N–H and O–H groups in total. The van der Waals surface area contributed by atoms with E-state index in [4.69, 9.17) is 15.2 Å². The minimum Gasteiger partial charge on any atom is -0.486 e. The average Bonchev–Trinajstić information content (AvgIpc) is 2.79. The number of H-pyrrole nitrogens is 1. The van der Waals surface area contributed by atoms with Crippen LogP contribution in [0.5, 0.6) is 11.5 Å². The van der Waals surface area contributed by atoms with E-state index in [-0.39, 0.29) is 0 Å². The Labute approximate surface area is 118 Å². The third-order valence-electron chi connectivity index (χ3n) is 3.46. The molecule has 0 fully saturated rings. The van der Waals surface area contributed by atoms with Crippen LogP contribution in [0.4, 0.5) is 0 Å². The lowest BCUT2D eigenvalue weighted by molar-refractivity contribution is 0.171. The first-order valence-electron chi connectivity index (χ1n) is 6.85. The number of nitrogens with one attached hydrogen (secondary N) is 1. The van der Waals surface area contributed by atoms with Gasteiger partial charge in [0.1, 0.15) is 19.0 Å². The van der Waals surface area contributed by atoms with E-state index in [0.29, 0.717) is 19.8 Å². The van der Waals surface area contributed by atoms with Crippen molar-refractivity contribution in [3.63, 3.8) is 0 Å². The number of aryl methyl sites for hydroxylation is 2. The van der Waals surface area contributed by atoms with Crippen molar-refractivity contribution < 1.29 is 9.47 Å². The standard InChI is InChI=1S/C15H19N3O2/c1-9-7-12-13(20-6-5-19-12)8-11(9)15-10(2)17-14(18-15)3-4-16/h7-8H,3-6,16H2,1-2H3,(H,17,18). The van der Waals surface area contributed by atoms with Crippen molar-refractivity contribution in [2.24, 2.45) is 5.73 Å². The van der Waals surface area contributed by atoms with E-state index in [2.05, 4.69) is 16.9 Å². The number of hydrogen-bond donors (Lipinski definition) is 2. The molecular formula is C15H19N3O2. The van der Waals surface area contributed by atoms with Gasteiger partial charge >= 0.3 is 0 Å². The van der Waals surface area contributed by atoms with Gasteiger partial charge in [-0.3, -0.25) is 0 Å². The summed E-state index contributed by atoms with van der Waals surface area (Å²) < 4.78 is 11.3. The Hall–Kier alpha value is -2.01. The minimum absolute atomic E-state index is 0.590. The van der Waals surface area contributed by atoms with E-state index in [1.54, 1.807) is 0 Å². The van der Waals surface area contributed by atoms with Crippen LogP contribution in [0.3, 0.4) is 0 Å². The summed E-state index contributed by atoms with van der Waals surface area (Å²) in [6.45, 7) is 5.87. The molecule has 0 saturated heterocycles. The van der Waals surface area contributed by atoms with Crippen LogP contribution >= 0.6 is 0 Å². The topological polar surface area (TPSA) is 73.2 Å². The zero-order chi connectivity index (χ0) is 14.1. The van der Waals surface area contributed by atoms with Gasteiger partial charge in [-0.25, -0.2) is 4.98 Å². The molecule has 3 rings (SSSR count). The lowest BCUT2D eigenvalue weighted by atomic mass is 10.0. The number of rotatable bonds is 3. The Bertz CT molecular complexity index is 634. The highest BCUT2D eigenvalue weighted by molar-refractivity contribution is 5.70. The van der Waals surface area contributed by atoms with Crippen LogP contribution in [0.1, 0.15) is 17.1 Å². The largest absolute Gasteiger partial charge is 0.486 e. The summed E-state index contributed by atoms with van der Waals surface area (Å²) >= 11 is 0. The monoisotopic (exact) mass is 273 g/mol. The van der Waals surface area contributed by atoms with Gasteiger partial charge in [-0.15, -0.1) is 0 Å². The fraction of sp³-hybridized carbons (Fsp3) is 0.400. The first kappa shape index (κ1) is 13.0. The van der Waals surface area contributed by atoms with Gasteiger partial charge in [0.2, 0.25) is 0 Å². The first-order chi connectivity index (χ1) is 9.69. The molecule has 20 heavy (non-hydrogen) atoms. The molecule has 2 aromatic rings. The molecule has 1 aliphatic rings. The molecule has 106 valence electrons. The van der Waals surface area contributed by atoms with Crippen LogP contribution in [0.2, 0.25) is 0 Å². The summed E-state index contributed by atoms with van der Waals surface area (Å²) in [5.74, 6) is 2.53. The van der Waals surface area contributed by atoms with Gasteiger partial charge in [0.05, 0.1) is 5.69 Å². The molecule has 1 aliphatic heterocycles. The number of nitrogens with two attached hydrogens (primary N) is 1. The normalized spacial score (nSPS) is 13.6. The van der Waals surface area contributed by atoms with Crippen LogP contribution in [-0.2, 0) is 6.42 Å². The molecule has 0 saturated carbocycles. The maximum Gasteiger partial charge on any atom is 0.162 e. The molecule has 0 bridgehead atoms. The second-order valence-electron chi connectivity index (χ2n) is 5.01. The van der Waals surface area contributed by atoms with Crippen LogP contribution < -0.4 is 15.2 Å². The maximum absolute atomic E-state index is 5.65. The molecule has 1 aromatic heterocycles. The van der Waals surface area contributed by atoms with Crippen molar-refractivity contribution in [1.82, 2.24) is 9.97 Å². The molecule has 0 spiro atoms. The number of fused-ring (bicyclic) bond motifs is 1. The molecule has 1 aromatic carbocycles. The molecule has 0 unspecified atom stereocenters. The van der Waals surface area contributed by atoms with E-state index in [1.165, 1.54) is 0 Å². The van der Waals surface area contributed by atoms with E-state index in [0.717, 1.165) is 46.3 Å². The zero-order valence-corrected chi connectivity index (χ0v) is 11.8. The molecule has 0 aliphatic carbocycles. The number of benzene rings is 1. The summed E-state index contributed by atoms with van der Waals surface area (Å²) in [7, 11) is 0. The Morgan fingerprint density at radius 2 is 1.90 bits per heavy atom. The number of nitrogens with zero attached hydrogens (tertiary/aromatic N) is 1. The minimum atomic E-state index is 0.590. The summed E-state index contributed by atoms with van der Waals surface area (Å²) in [4.78, 5) is 7.94. The third kappa shape index (κ3) is 2.25. The number of aromatic nitrogens is 2. The molecule has 5 nitrogen and oxygen atoms in total. The van der Waals surface area contributed by atoms with Gasteiger partial charge in [0, 0.05) is 17.7 Å². The Balaban J connectivity index is 2.05. The quantitative estimate of drug-likeness (QED) is 0.896. The van der Waals surface area contributed by atoms with Crippen LogP contribution in [0.15, 0.2) is 12.1 Å². The van der Waals surface area contributed by atoms with Crippen molar-refractivity contribution in [3.8, 4) is 22.8 Å². The van der Waals surface area contributed by atoms with Gasteiger partial charge in [0.15, 0.2) is 11.5 Å². The van der Waals surface area contributed by atoms with Crippen molar-refractivity contribution in [3.05, 3.63) is 29.2 Å². The second-order valence-corrected chi connectivity index (χ2v) is 5.01. The fourth-order valence-corrected chi connectivity index (χ4v) is 2.49. The summed E-state index contributed by atoms with van der Waals surface area (Å²) in [6, 6.07) is 4.03. The van der Waals surface area contributed by atoms with Gasteiger partial charge in [0.25, 0.3) is 0 Å². The number of hydrogen-bond acceptors (Lipinski definition) is 4. The highest BCUT2D eigenvalue weighted by atomic mass is 16.6. The summed E-state index contributed by atoms with van der Waals surface area (Å²) in [5, 5.41) is 0. The van der Waals surface area contributed by atoms with Gasteiger partial charge < -0.3 is 20.2 Å². The van der Waals surface area contributed by atoms with Gasteiger partial charge in [-0.1, -0.05) is 0 Å². The lowest BCUT2D eigenvalue weighted by Gasteiger charge is -2.20. The highest BCUT2D eigenvalue weighted by Crippen LogP contribution is 2.37. The molecule has 0 radical (unpaired) electrons. The molecule has 5 heteroatoms. The number of ether oxygens (including phenoxy) is 2. The van der Waals surface area contributed by atoms with E-state index >= 15 is 0 Å². The number of imidazole rings is 1. The van der Waals surface area contributed by atoms with Crippen molar-refractivity contribution in [2.75, 3.05) is 19.8 Å². The zero-order valence-electron chi connectivity index (χ0n) is 11.8. The smallest absolute Gasteiger partial charge is 0.162 e. The predicted octanol–water partition coefficient (Wildman–Crippen LogP) is 1.97. The third-order valence-corrected chi connectivity index (χ3v) is 3.46. The lowest BCUT2D eigenvalue weighted by Crippen LogP contribution is -2.15. The molecule has 0 amide bonds. The van der Waals surface area contributed by atoms with E-state index in [9.17, 15) is 0 Å². The summed E-state index contributed by atoms with van der Waals surface area (Å²) in [6.07, 6.45) is 0.754. The molecule has 0 atom stereocenters. The van der Waals surface area contributed by atoms with E-state index in [1.807, 2.05) is 19.1 Å². The fourth-order valence-electron chi connectivity index (χ4n) is 2.49. The van der Waals surface area contributed by atoms with Gasteiger partial charge in [-0.2, -0.15) is 0 Å². The second kappa shape index (κ2) is 5.17. The van der Waals surface area contributed by atoms with Crippen LogP contribution in [0, 0.1) is 13.8 Å². The SMILES string of the molecule is Cc1cc2c(cc1-c1nc(CCN)[nH]c1C)OCCO2. The highest BCUT2D eigenvalue weighted by Gasteiger charge is 2.18. The predicted molar refractivity (Wildman–Crippen MR) is 77.2 cm³/mol. The van der Waals surface area contributed by atoms with Crippen molar-refractivity contribution in [2.45, 2.75) is 20.3 Å². The average molecular weight is 273 g/mol. The van der Waals surface area contributed by atoms with Crippen molar-refractivity contribution in [1.29, 1.82) is 0 Å². The molecular weight excluding hydrogens is 254 g/mol. The first-order valence-corrected chi connectivity index (χ1v) is 6.85. The Morgan fingerprint density at radius 1 is 1.20 bits per heavy atom. The van der Waals surface area contributed by atoms with Gasteiger partial charge in [-0.05, 0) is 38.1 Å². The molecule has 2 heterocycles. The Kier molecular flexibility index (Phi) is 3.36. The number of aromatic amines is 1. The van der Waals surface area contributed by atoms with E-state index < -0.39 is 0 Å².